The van der Waals surface area contributed by atoms with Crippen molar-refractivity contribution in [1.29, 1.82) is 0 Å². The zero-order chi connectivity index (χ0) is 11.3. The van der Waals surface area contributed by atoms with Crippen LogP contribution in [0.5, 0.6) is 0 Å². The molecule has 3 nitrogen and oxygen atoms in total. The Hall–Kier alpha value is -0.550. The molecular formula is C11H17NO2S. The van der Waals surface area contributed by atoms with Crippen LogP contribution in [-0.2, 0) is 0 Å². The molecule has 0 heterocycles. The van der Waals surface area contributed by atoms with E-state index in [1.807, 2.05) is 19.2 Å². The van der Waals surface area contributed by atoms with Crippen molar-refractivity contribution in [2.45, 2.75) is 23.5 Å². The van der Waals surface area contributed by atoms with E-state index in [0.29, 0.717) is 23.4 Å². The van der Waals surface area contributed by atoms with Crippen LogP contribution in [-0.4, -0.2) is 29.9 Å². The molecule has 1 rings (SSSR count). The Morgan fingerprint density at radius 2 is 2.00 bits per heavy atom. The molecule has 0 bridgehead atoms. The zero-order valence-electron chi connectivity index (χ0n) is 8.72. The van der Waals surface area contributed by atoms with Gasteiger partial charge in [-0.2, -0.15) is 0 Å². The van der Waals surface area contributed by atoms with Crippen molar-refractivity contribution in [2.75, 3.05) is 13.6 Å². The maximum Gasteiger partial charge on any atom is 0.106 e. The Morgan fingerprint density at radius 3 is 2.60 bits per heavy atom. The lowest BCUT2D eigenvalue weighted by Crippen LogP contribution is -2.23. The van der Waals surface area contributed by atoms with Crippen molar-refractivity contribution in [1.82, 2.24) is 5.32 Å². The number of hydrogen-bond acceptors (Lipinski definition) is 4. The highest BCUT2D eigenvalue weighted by molar-refractivity contribution is 7.80. The third-order valence-corrected chi connectivity index (χ3v) is 2.72. The van der Waals surface area contributed by atoms with Gasteiger partial charge in [-0.05, 0) is 31.6 Å². The quantitative estimate of drug-likeness (QED) is 0.567. The third-order valence-electron chi connectivity index (χ3n) is 2.31. The molecule has 0 aliphatic rings. The zero-order valence-corrected chi connectivity index (χ0v) is 9.61. The van der Waals surface area contributed by atoms with E-state index in [9.17, 15) is 10.2 Å². The van der Waals surface area contributed by atoms with Crippen LogP contribution < -0.4 is 5.32 Å². The number of nitrogens with one attached hydrogen (secondary N) is 1. The van der Waals surface area contributed by atoms with Crippen LogP contribution in [0.3, 0.4) is 0 Å². The van der Waals surface area contributed by atoms with Crippen LogP contribution in [0.4, 0.5) is 0 Å². The largest absolute Gasteiger partial charge is 0.390 e. The Balaban J connectivity index is 2.67. The van der Waals surface area contributed by atoms with Gasteiger partial charge in [0.25, 0.3) is 0 Å². The van der Waals surface area contributed by atoms with E-state index in [4.69, 9.17) is 0 Å². The fourth-order valence-corrected chi connectivity index (χ4v) is 1.69. The molecule has 4 heteroatoms. The van der Waals surface area contributed by atoms with Gasteiger partial charge >= 0.3 is 0 Å². The molecular weight excluding hydrogens is 210 g/mol. The summed E-state index contributed by atoms with van der Waals surface area (Å²) >= 11 is 4.24. The predicted molar refractivity (Wildman–Crippen MR) is 63.2 cm³/mol. The van der Waals surface area contributed by atoms with Gasteiger partial charge in [0.1, 0.15) is 6.10 Å². The van der Waals surface area contributed by atoms with Gasteiger partial charge in [0.2, 0.25) is 0 Å². The van der Waals surface area contributed by atoms with Crippen LogP contribution in [0.2, 0.25) is 0 Å². The van der Waals surface area contributed by atoms with Crippen molar-refractivity contribution < 1.29 is 10.2 Å². The molecule has 0 radical (unpaired) electrons. The first-order valence-electron chi connectivity index (χ1n) is 4.95. The Kier molecular flexibility index (Phi) is 5.11. The monoisotopic (exact) mass is 227 g/mol. The van der Waals surface area contributed by atoms with Crippen LogP contribution in [0, 0.1) is 0 Å². The van der Waals surface area contributed by atoms with E-state index < -0.39 is 12.2 Å². The summed E-state index contributed by atoms with van der Waals surface area (Å²) in [5.74, 6) is 0. The van der Waals surface area contributed by atoms with Crippen molar-refractivity contribution in [3.8, 4) is 0 Å². The van der Waals surface area contributed by atoms with E-state index in [1.165, 1.54) is 0 Å². The molecule has 0 saturated heterocycles. The Labute approximate surface area is 95.5 Å². The van der Waals surface area contributed by atoms with Gasteiger partial charge in [-0.15, -0.1) is 12.6 Å². The number of hydrogen-bond donors (Lipinski definition) is 4. The second-order valence-electron chi connectivity index (χ2n) is 3.46. The van der Waals surface area contributed by atoms with Crippen molar-refractivity contribution >= 4 is 12.6 Å². The molecule has 0 aromatic heterocycles. The number of benzene rings is 1. The lowest BCUT2D eigenvalue weighted by molar-refractivity contribution is 0.0125. The van der Waals surface area contributed by atoms with E-state index in [0.717, 1.165) is 0 Å². The standard InChI is InChI=1S/C11H17NO2S/c1-12-7-6-9(13)11(14)8-4-2-3-5-10(8)15/h2-5,9,11-15H,6-7H2,1H3. The smallest absolute Gasteiger partial charge is 0.106 e. The van der Waals surface area contributed by atoms with Crippen LogP contribution in [0.15, 0.2) is 29.2 Å². The van der Waals surface area contributed by atoms with E-state index >= 15 is 0 Å². The Morgan fingerprint density at radius 1 is 1.33 bits per heavy atom. The highest BCUT2D eigenvalue weighted by Crippen LogP contribution is 2.24. The topological polar surface area (TPSA) is 52.5 Å². The fraction of sp³-hybridized carbons (Fsp3) is 0.455. The van der Waals surface area contributed by atoms with Crippen LogP contribution >= 0.6 is 12.6 Å². The number of aliphatic hydroxyl groups is 2. The average molecular weight is 227 g/mol. The van der Waals surface area contributed by atoms with Crippen molar-refractivity contribution in [3.63, 3.8) is 0 Å². The molecule has 0 amide bonds. The lowest BCUT2D eigenvalue weighted by Gasteiger charge is -2.19. The molecule has 0 saturated carbocycles. The lowest BCUT2D eigenvalue weighted by atomic mass is 10.0. The van der Waals surface area contributed by atoms with Gasteiger partial charge in [0, 0.05) is 4.90 Å². The summed E-state index contributed by atoms with van der Waals surface area (Å²) in [6.45, 7) is 0.674. The van der Waals surface area contributed by atoms with E-state index in [1.54, 1.807) is 12.1 Å². The first kappa shape index (κ1) is 12.5. The fourth-order valence-electron chi connectivity index (χ4n) is 1.39. The minimum atomic E-state index is -0.868. The summed E-state index contributed by atoms with van der Waals surface area (Å²) in [4.78, 5) is 0.702. The molecule has 1 aromatic carbocycles. The van der Waals surface area contributed by atoms with Crippen LogP contribution in [0.25, 0.3) is 0 Å². The molecule has 2 unspecified atom stereocenters. The average Bonchev–Trinajstić information content (AvgIpc) is 2.25. The van der Waals surface area contributed by atoms with Crippen molar-refractivity contribution in [2.24, 2.45) is 0 Å². The summed E-state index contributed by atoms with van der Waals surface area (Å²) < 4.78 is 0. The summed E-state index contributed by atoms with van der Waals surface area (Å²) in [7, 11) is 1.81. The first-order valence-corrected chi connectivity index (χ1v) is 5.40. The third kappa shape index (κ3) is 3.50. The normalized spacial score (nSPS) is 14.9. The maximum atomic E-state index is 9.87. The minimum Gasteiger partial charge on any atom is -0.390 e. The molecule has 84 valence electrons. The Bertz CT molecular complexity index is 306. The SMILES string of the molecule is CNCCC(O)C(O)c1ccccc1S. The van der Waals surface area contributed by atoms with Gasteiger partial charge in [-0.25, -0.2) is 0 Å². The second-order valence-corrected chi connectivity index (χ2v) is 3.95. The number of rotatable bonds is 5. The predicted octanol–water partition coefficient (Wildman–Crippen LogP) is 0.979. The molecule has 0 aliphatic carbocycles. The number of thiol groups is 1. The summed E-state index contributed by atoms with van der Waals surface area (Å²) in [5.41, 5.74) is 0.671. The van der Waals surface area contributed by atoms with Gasteiger partial charge in [-0.3, -0.25) is 0 Å². The summed E-state index contributed by atoms with van der Waals surface area (Å²) in [6, 6.07) is 7.24. The number of aliphatic hydroxyl groups excluding tert-OH is 2. The molecule has 2 atom stereocenters. The van der Waals surface area contributed by atoms with Gasteiger partial charge < -0.3 is 15.5 Å². The molecule has 0 spiro atoms. The first-order chi connectivity index (χ1) is 7.16. The van der Waals surface area contributed by atoms with Gasteiger partial charge in [0.15, 0.2) is 0 Å². The van der Waals surface area contributed by atoms with Crippen LogP contribution in [0.1, 0.15) is 18.1 Å². The highest BCUT2D eigenvalue weighted by Gasteiger charge is 2.19. The summed E-state index contributed by atoms with van der Waals surface area (Å²) in [6.07, 6.45) is -1.11. The van der Waals surface area contributed by atoms with E-state index in [2.05, 4.69) is 17.9 Å². The highest BCUT2D eigenvalue weighted by atomic mass is 32.1. The molecule has 3 N–H and O–H groups in total. The van der Waals surface area contributed by atoms with E-state index in [-0.39, 0.29) is 0 Å². The summed E-state index contributed by atoms with van der Waals surface area (Å²) in [5, 5.41) is 22.5. The molecule has 15 heavy (non-hydrogen) atoms. The maximum absolute atomic E-state index is 9.87. The molecule has 0 aliphatic heterocycles. The minimum absolute atomic E-state index is 0.514. The van der Waals surface area contributed by atoms with Gasteiger partial charge in [0.05, 0.1) is 6.10 Å². The van der Waals surface area contributed by atoms with Gasteiger partial charge in [-0.1, -0.05) is 18.2 Å². The molecule has 0 fully saturated rings. The second kappa shape index (κ2) is 6.12. The van der Waals surface area contributed by atoms with Crippen molar-refractivity contribution in [3.05, 3.63) is 29.8 Å². The molecule has 1 aromatic rings.